The van der Waals surface area contributed by atoms with Crippen LogP contribution < -0.4 is 10.6 Å². The third kappa shape index (κ3) is 7.77. The molecule has 0 aliphatic rings. The van der Waals surface area contributed by atoms with Crippen LogP contribution in [0.15, 0.2) is 0 Å². The molecule has 14 heavy (non-hydrogen) atoms. The summed E-state index contributed by atoms with van der Waals surface area (Å²) in [5.41, 5.74) is 0. The van der Waals surface area contributed by atoms with E-state index < -0.39 is 10.8 Å². The molecule has 0 bridgehead atoms. The van der Waals surface area contributed by atoms with E-state index in [1.807, 2.05) is 6.92 Å². The van der Waals surface area contributed by atoms with Gasteiger partial charge in [-0.05, 0) is 6.92 Å². The largest absolute Gasteiger partial charge is 0.352 e. The molecular formula is C9H16N2O2S. The molecule has 80 valence electrons. The van der Waals surface area contributed by atoms with Crippen molar-refractivity contribution in [2.45, 2.75) is 13.0 Å². The van der Waals surface area contributed by atoms with E-state index in [-0.39, 0.29) is 18.5 Å². The Labute approximate surface area is 87.3 Å². The van der Waals surface area contributed by atoms with E-state index in [1.165, 1.54) is 0 Å². The minimum atomic E-state index is -0.887. The fourth-order valence-corrected chi connectivity index (χ4v) is 1.76. The Kier molecular flexibility index (Phi) is 7.07. The molecular weight excluding hydrogens is 200 g/mol. The van der Waals surface area contributed by atoms with Crippen LogP contribution in [0.4, 0.5) is 0 Å². The first-order chi connectivity index (χ1) is 6.56. The lowest BCUT2D eigenvalue weighted by molar-refractivity contribution is -0.120. The van der Waals surface area contributed by atoms with E-state index in [1.54, 1.807) is 6.26 Å². The summed E-state index contributed by atoms with van der Waals surface area (Å²) in [4.78, 5) is 11.2. The molecule has 0 aromatic carbocycles. The molecule has 2 unspecified atom stereocenters. The molecule has 2 atom stereocenters. The Hall–Kier alpha value is -0.860. The molecule has 0 saturated heterocycles. The first kappa shape index (κ1) is 13.1. The summed E-state index contributed by atoms with van der Waals surface area (Å²) in [5, 5.41) is 5.48. The Morgan fingerprint density at radius 3 is 2.79 bits per heavy atom. The maximum atomic E-state index is 11.2. The van der Waals surface area contributed by atoms with Crippen LogP contribution in [-0.4, -0.2) is 41.3 Å². The highest BCUT2D eigenvalue weighted by Gasteiger charge is 2.07. The molecule has 0 radical (unpaired) electrons. The summed E-state index contributed by atoms with van der Waals surface area (Å²) >= 11 is 0. The normalized spacial score (nSPS) is 14.1. The molecule has 0 aliphatic carbocycles. The van der Waals surface area contributed by atoms with Crippen molar-refractivity contribution in [1.82, 2.24) is 10.6 Å². The number of nitrogens with one attached hydrogen (secondary N) is 2. The van der Waals surface area contributed by atoms with E-state index >= 15 is 0 Å². The zero-order chi connectivity index (χ0) is 11.0. The molecule has 5 heteroatoms. The summed E-state index contributed by atoms with van der Waals surface area (Å²) in [7, 11) is -0.887. The number of carbonyl (C=O) groups is 1. The van der Waals surface area contributed by atoms with Crippen LogP contribution in [0.25, 0.3) is 0 Å². The minimum absolute atomic E-state index is 0.0685. The molecule has 0 aliphatic heterocycles. The SMILES string of the molecule is C#CCNCC(=O)NC(C)CS(C)=O. The van der Waals surface area contributed by atoms with Gasteiger partial charge in [-0.3, -0.25) is 14.3 Å². The summed E-state index contributed by atoms with van der Waals surface area (Å²) < 4.78 is 10.8. The van der Waals surface area contributed by atoms with Gasteiger partial charge in [-0.1, -0.05) is 5.92 Å². The second-order valence-electron chi connectivity index (χ2n) is 3.02. The average Bonchev–Trinajstić information content (AvgIpc) is 2.02. The molecule has 1 amide bonds. The zero-order valence-corrected chi connectivity index (χ0v) is 9.32. The van der Waals surface area contributed by atoms with Crippen molar-refractivity contribution in [3.8, 4) is 12.3 Å². The van der Waals surface area contributed by atoms with Crippen LogP contribution in [0.5, 0.6) is 0 Å². The lowest BCUT2D eigenvalue weighted by atomic mass is 10.4. The molecule has 0 aromatic heterocycles. The van der Waals surface area contributed by atoms with E-state index in [0.29, 0.717) is 12.3 Å². The van der Waals surface area contributed by atoms with E-state index in [9.17, 15) is 9.00 Å². The minimum Gasteiger partial charge on any atom is -0.352 e. The Bertz CT molecular complexity index is 248. The number of carbonyl (C=O) groups excluding carboxylic acids is 1. The van der Waals surface area contributed by atoms with Gasteiger partial charge in [-0.25, -0.2) is 0 Å². The predicted octanol–water partition coefficient (Wildman–Crippen LogP) is -0.908. The average molecular weight is 216 g/mol. The third-order valence-electron chi connectivity index (χ3n) is 1.40. The van der Waals surface area contributed by atoms with Crippen LogP contribution in [0.1, 0.15) is 6.92 Å². The van der Waals surface area contributed by atoms with Crippen molar-refractivity contribution in [3.05, 3.63) is 0 Å². The zero-order valence-electron chi connectivity index (χ0n) is 8.50. The summed E-state index contributed by atoms with van der Waals surface area (Å²) in [6.45, 7) is 2.40. The van der Waals surface area contributed by atoms with Gasteiger partial charge >= 0.3 is 0 Å². The van der Waals surface area contributed by atoms with Crippen molar-refractivity contribution in [3.63, 3.8) is 0 Å². The van der Waals surface area contributed by atoms with Gasteiger partial charge < -0.3 is 5.32 Å². The number of amides is 1. The van der Waals surface area contributed by atoms with Gasteiger partial charge in [0, 0.05) is 28.9 Å². The van der Waals surface area contributed by atoms with Gasteiger partial charge in [0.2, 0.25) is 5.91 Å². The quantitative estimate of drug-likeness (QED) is 0.446. The maximum absolute atomic E-state index is 11.2. The van der Waals surface area contributed by atoms with Gasteiger partial charge in [0.25, 0.3) is 0 Å². The fourth-order valence-electron chi connectivity index (χ4n) is 0.968. The highest BCUT2D eigenvalue weighted by molar-refractivity contribution is 7.84. The molecule has 0 fully saturated rings. The van der Waals surface area contributed by atoms with Crippen molar-refractivity contribution >= 4 is 16.7 Å². The van der Waals surface area contributed by atoms with Crippen molar-refractivity contribution in [2.24, 2.45) is 0 Å². The lowest BCUT2D eigenvalue weighted by Gasteiger charge is -2.12. The summed E-state index contributed by atoms with van der Waals surface area (Å²) in [6.07, 6.45) is 6.61. The first-order valence-corrected chi connectivity index (χ1v) is 6.02. The van der Waals surface area contributed by atoms with E-state index in [4.69, 9.17) is 6.42 Å². The standard InChI is InChI=1S/C9H16N2O2S/c1-4-5-10-6-9(12)11-8(2)7-14(3)13/h1,8,10H,5-7H2,2-3H3,(H,11,12). The number of rotatable bonds is 6. The van der Waals surface area contributed by atoms with Crippen LogP contribution in [0.2, 0.25) is 0 Å². The van der Waals surface area contributed by atoms with Crippen LogP contribution in [0.3, 0.4) is 0 Å². The Morgan fingerprint density at radius 2 is 2.29 bits per heavy atom. The van der Waals surface area contributed by atoms with Crippen LogP contribution >= 0.6 is 0 Å². The Morgan fingerprint density at radius 1 is 1.64 bits per heavy atom. The van der Waals surface area contributed by atoms with Crippen molar-refractivity contribution in [1.29, 1.82) is 0 Å². The summed E-state index contributed by atoms with van der Waals surface area (Å²) in [6, 6.07) is -0.0685. The monoisotopic (exact) mass is 216 g/mol. The predicted molar refractivity (Wildman–Crippen MR) is 58.2 cm³/mol. The van der Waals surface area contributed by atoms with E-state index in [0.717, 1.165) is 0 Å². The van der Waals surface area contributed by atoms with Gasteiger partial charge in [-0.2, -0.15) is 0 Å². The highest BCUT2D eigenvalue weighted by Crippen LogP contribution is 1.84. The van der Waals surface area contributed by atoms with E-state index in [2.05, 4.69) is 16.6 Å². The third-order valence-corrected chi connectivity index (χ3v) is 2.37. The molecule has 4 nitrogen and oxygen atoms in total. The molecule has 0 aromatic rings. The van der Waals surface area contributed by atoms with Crippen molar-refractivity contribution < 1.29 is 9.00 Å². The van der Waals surface area contributed by atoms with Gasteiger partial charge in [0.15, 0.2) is 0 Å². The number of hydrogen-bond acceptors (Lipinski definition) is 3. The highest BCUT2D eigenvalue weighted by atomic mass is 32.2. The summed E-state index contributed by atoms with van der Waals surface area (Å²) in [5.74, 6) is 2.72. The topological polar surface area (TPSA) is 58.2 Å². The molecule has 2 N–H and O–H groups in total. The smallest absolute Gasteiger partial charge is 0.234 e. The Balaban J connectivity index is 3.61. The van der Waals surface area contributed by atoms with Crippen LogP contribution in [0, 0.1) is 12.3 Å². The van der Waals surface area contributed by atoms with Gasteiger partial charge in [-0.15, -0.1) is 6.42 Å². The first-order valence-electron chi connectivity index (χ1n) is 4.29. The van der Waals surface area contributed by atoms with Gasteiger partial charge in [0.1, 0.15) is 0 Å². The number of hydrogen-bond donors (Lipinski definition) is 2. The fraction of sp³-hybridized carbons (Fsp3) is 0.667. The lowest BCUT2D eigenvalue weighted by Crippen LogP contribution is -2.41. The molecule has 0 heterocycles. The second-order valence-corrected chi connectivity index (χ2v) is 4.50. The number of terminal acetylenes is 1. The second kappa shape index (κ2) is 7.54. The maximum Gasteiger partial charge on any atom is 0.234 e. The molecule has 0 saturated carbocycles. The molecule has 0 spiro atoms. The van der Waals surface area contributed by atoms with Gasteiger partial charge in [0.05, 0.1) is 13.1 Å². The molecule has 0 rings (SSSR count). The van der Waals surface area contributed by atoms with Crippen LogP contribution in [-0.2, 0) is 15.6 Å². The van der Waals surface area contributed by atoms with Crippen molar-refractivity contribution in [2.75, 3.05) is 25.1 Å².